The Morgan fingerprint density at radius 2 is 1.74 bits per heavy atom. The molecule has 2 nitrogen and oxygen atoms in total. The first-order valence-electron chi connectivity index (χ1n) is 6.38. The van der Waals surface area contributed by atoms with Crippen LogP contribution >= 0.6 is 0 Å². The molecule has 0 aliphatic carbocycles. The molecule has 2 unspecified atom stereocenters. The molecule has 0 heterocycles. The summed E-state index contributed by atoms with van der Waals surface area (Å²) in [5.41, 5.74) is 1.75. The molecule has 2 aromatic rings. The molecule has 0 bridgehead atoms. The molecule has 2 atom stereocenters. The molecule has 2 N–H and O–H groups in total. The lowest BCUT2D eigenvalue weighted by Crippen LogP contribution is -2.24. The fourth-order valence-corrected chi connectivity index (χ4v) is 1.98. The summed E-state index contributed by atoms with van der Waals surface area (Å²) in [6.45, 7) is 2.42. The molecule has 0 radical (unpaired) electrons. The Morgan fingerprint density at radius 1 is 1.05 bits per heavy atom. The van der Waals surface area contributed by atoms with Crippen LogP contribution < -0.4 is 5.32 Å². The highest BCUT2D eigenvalue weighted by Gasteiger charge is 2.10. The van der Waals surface area contributed by atoms with Crippen LogP contribution in [-0.4, -0.2) is 11.7 Å². The van der Waals surface area contributed by atoms with Gasteiger partial charge in [-0.3, -0.25) is 0 Å². The summed E-state index contributed by atoms with van der Waals surface area (Å²) >= 11 is 0. The first-order valence-corrected chi connectivity index (χ1v) is 6.38. The Kier molecular flexibility index (Phi) is 4.66. The van der Waals surface area contributed by atoms with Gasteiger partial charge in [-0.15, -0.1) is 0 Å². The van der Waals surface area contributed by atoms with Gasteiger partial charge in [0.2, 0.25) is 0 Å². The topological polar surface area (TPSA) is 32.3 Å². The SMILES string of the molecule is CC(NCC(O)c1cccc(F)c1)c1ccccc1. The third kappa shape index (κ3) is 3.88. The quantitative estimate of drug-likeness (QED) is 0.864. The molecule has 0 aliphatic rings. The van der Waals surface area contributed by atoms with E-state index in [0.717, 1.165) is 5.56 Å². The highest BCUT2D eigenvalue weighted by Crippen LogP contribution is 2.16. The molecular weight excluding hydrogens is 241 g/mol. The van der Waals surface area contributed by atoms with Crippen LogP contribution in [0.3, 0.4) is 0 Å². The highest BCUT2D eigenvalue weighted by atomic mass is 19.1. The average molecular weight is 259 g/mol. The van der Waals surface area contributed by atoms with Gasteiger partial charge in [0.25, 0.3) is 0 Å². The minimum absolute atomic E-state index is 0.143. The molecule has 0 aromatic heterocycles. The van der Waals surface area contributed by atoms with Crippen molar-refractivity contribution in [2.75, 3.05) is 6.54 Å². The van der Waals surface area contributed by atoms with Crippen molar-refractivity contribution in [3.63, 3.8) is 0 Å². The Bertz CT molecular complexity index is 515. The van der Waals surface area contributed by atoms with Crippen molar-refractivity contribution in [1.29, 1.82) is 0 Å². The lowest BCUT2D eigenvalue weighted by Gasteiger charge is -2.17. The molecule has 0 saturated heterocycles. The lowest BCUT2D eigenvalue weighted by molar-refractivity contribution is 0.170. The molecule has 0 amide bonds. The lowest BCUT2D eigenvalue weighted by atomic mass is 10.1. The summed E-state index contributed by atoms with van der Waals surface area (Å²) in [7, 11) is 0. The van der Waals surface area contributed by atoms with Gasteiger partial charge >= 0.3 is 0 Å². The fraction of sp³-hybridized carbons (Fsp3) is 0.250. The summed E-state index contributed by atoms with van der Waals surface area (Å²) in [6, 6.07) is 16.2. The van der Waals surface area contributed by atoms with Gasteiger partial charge in [-0.2, -0.15) is 0 Å². The molecule has 2 aromatic carbocycles. The maximum absolute atomic E-state index is 13.1. The molecule has 0 fully saturated rings. The normalized spacial score (nSPS) is 14.1. The van der Waals surface area contributed by atoms with Crippen molar-refractivity contribution in [3.8, 4) is 0 Å². The zero-order chi connectivity index (χ0) is 13.7. The van der Waals surface area contributed by atoms with Crippen LogP contribution in [0, 0.1) is 5.82 Å². The summed E-state index contributed by atoms with van der Waals surface area (Å²) in [6.07, 6.45) is -0.707. The van der Waals surface area contributed by atoms with Gasteiger partial charge in [0.1, 0.15) is 5.82 Å². The van der Waals surface area contributed by atoms with Gasteiger partial charge in [0, 0.05) is 12.6 Å². The van der Waals surface area contributed by atoms with E-state index in [2.05, 4.69) is 5.32 Å². The molecule has 2 rings (SSSR count). The Balaban J connectivity index is 1.92. The van der Waals surface area contributed by atoms with Gasteiger partial charge in [-0.05, 0) is 30.2 Å². The number of benzene rings is 2. The second-order valence-corrected chi connectivity index (χ2v) is 4.61. The minimum atomic E-state index is -0.707. The molecule has 0 spiro atoms. The first-order chi connectivity index (χ1) is 9.16. The standard InChI is InChI=1S/C16H18FNO/c1-12(13-6-3-2-4-7-13)18-11-16(19)14-8-5-9-15(17)10-14/h2-10,12,16,18-19H,11H2,1H3. The van der Waals surface area contributed by atoms with Crippen LogP contribution in [0.1, 0.15) is 30.2 Å². The number of nitrogens with one attached hydrogen (secondary N) is 1. The summed E-state index contributed by atoms with van der Waals surface area (Å²) in [5.74, 6) is -0.326. The van der Waals surface area contributed by atoms with Crippen molar-refractivity contribution >= 4 is 0 Å². The zero-order valence-corrected chi connectivity index (χ0v) is 10.9. The van der Waals surface area contributed by atoms with E-state index < -0.39 is 6.10 Å². The van der Waals surface area contributed by atoms with Crippen molar-refractivity contribution in [2.45, 2.75) is 19.1 Å². The predicted octanol–water partition coefficient (Wildman–Crippen LogP) is 3.21. The predicted molar refractivity (Wildman–Crippen MR) is 74.2 cm³/mol. The average Bonchev–Trinajstić information content (AvgIpc) is 2.45. The van der Waals surface area contributed by atoms with Crippen LogP contribution in [0.4, 0.5) is 4.39 Å². The summed E-state index contributed by atoms with van der Waals surface area (Å²) < 4.78 is 13.1. The Hall–Kier alpha value is -1.71. The summed E-state index contributed by atoms with van der Waals surface area (Å²) in [4.78, 5) is 0. The van der Waals surface area contributed by atoms with Crippen LogP contribution in [0.5, 0.6) is 0 Å². The third-order valence-corrected chi connectivity index (χ3v) is 3.15. The largest absolute Gasteiger partial charge is 0.387 e. The van der Waals surface area contributed by atoms with E-state index in [4.69, 9.17) is 0 Å². The third-order valence-electron chi connectivity index (χ3n) is 3.15. The van der Waals surface area contributed by atoms with Crippen molar-refractivity contribution in [3.05, 3.63) is 71.5 Å². The van der Waals surface area contributed by atoms with Gasteiger partial charge in [-0.1, -0.05) is 42.5 Å². The first kappa shape index (κ1) is 13.7. The molecule has 19 heavy (non-hydrogen) atoms. The van der Waals surface area contributed by atoms with E-state index in [1.807, 2.05) is 37.3 Å². The summed E-state index contributed by atoms with van der Waals surface area (Å²) in [5, 5.41) is 13.3. The number of hydrogen-bond acceptors (Lipinski definition) is 2. The molecule has 0 saturated carbocycles. The van der Waals surface area contributed by atoms with Crippen molar-refractivity contribution < 1.29 is 9.50 Å². The maximum Gasteiger partial charge on any atom is 0.123 e. The van der Waals surface area contributed by atoms with Gasteiger partial charge in [0.05, 0.1) is 6.10 Å². The Labute approximate surface area is 112 Å². The second kappa shape index (κ2) is 6.45. The molecule has 0 aliphatic heterocycles. The number of hydrogen-bond donors (Lipinski definition) is 2. The van der Waals surface area contributed by atoms with E-state index in [9.17, 15) is 9.50 Å². The van der Waals surface area contributed by atoms with Gasteiger partial charge < -0.3 is 10.4 Å². The van der Waals surface area contributed by atoms with Crippen LogP contribution in [0.2, 0.25) is 0 Å². The van der Waals surface area contributed by atoms with Crippen molar-refractivity contribution in [2.24, 2.45) is 0 Å². The van der Waals surface area contributed by atoms with Crippen LogP contribution in [-0.2, 0) is 0 Å². The number of aliphatic hydroxyl groups excluding tert-OH is 1. The number of halogens is 1. The van der Waals surface area contributed by atoms with E-state index in [1.54, 1.807) is 12.1 Å². The van der Waals surface area contributed by atoms with Crippen LogP contribution in [0.25, 0.3) is 0 Å². The Morgan fingerprint density at radius 3 is 2.42 bits per heavy atom. The van der Waals surface area contributed by atoms with Gasteiger partial charge in [0.15, 0.2) is 0 Å². The smallest absolute Gasteiger partial charge is 0.123 e. The van der Waals surface area contributed by atoms with E-state index in [-0.39, 0.29) is 11.9 Å². The molecule has 100 valence electrons. The monoisotopic (exact) mass is 259 g/mol. The molecular formula is C16H18FNO. The molecule has 3 heteroatoms. The number of aliphatic hydroxyl groups is 1. The highest BCUT2D eigenvalue weighted by molar-refractivity contribution is 5.20. The van der Waals surface area contributed by atoms with E-state index in [0.29, 0.717) is 12.1 Å². The second-order valence-electron chi connectivity index (χ2n) is 4.61. The maximum atomic E-state index is 13.1. The zero-order valence-electron chi connectivity index (χ0n) is 10.9. The fourth-order valence-electron chi connectivity index (χ4n) is 1.98. The van der Waals surface area contributed by atoms with E-state index >= 15 is 0 Å². The van der Waals surface area contributed by atoms with Crippen LogP contribution in [0.15, 0.2) is 54.6 Å². The van der Waals surface area contributed by atoms with E-state index in [1.165, 1.54) is 12.1 Å². The van der Waals surface area contributed by atoms with Crippen molar-refractivity contribution in [1.82, 2.24) is 5.32 Å². The number of rotatable bonds is 5. The van der Waals surface area contributed by atoms with Gasteiger partial charge in [-0.25, -0.2) is 4.39 Å². The minimum Gasteiger partial charge on any atom is -0.387 e.